The number of carboxylic acid groups (broad SMARTS) is 1. The largest absolute Gasteiger partial charge is 0.490 e. The monoisotopic (exact) mass is 549 g/mol. The van der Waals surface area contributed by atoms with Gasteiger partial charge in [-0.15, -0.1) is 16.4 Å². The lowest BCUT2D eigenvalue weighted by Crippen LogP contribution is -2.44. The van der Waals surface area contributed by atoms with Gasteiger partial charge in [0.05, 0.1) is 17.4 Å². The van der Waals surface area contributed by atoms with Gasteiger partial charge in [-0.25, -0.2) is 9.48 Å². The Morgan fingerprint density at radius 3 is 2.54 bits per heavy atom. The molecule has 3 aromatic rings. The van der Waals surface area contributed by atoms with Crippen LogP contribution in [0.1, 0.15) is 33.4 Å². The quantitative estimate of drug-likeness (QED) is 0.464. The Hall–Kier alpha value is -3.46. The predicted octanol–water partition coefficient (Wildman–Crippen LogP) is 4.16. The number of nitrogens with one attached hydrogen (secondary N) is 1. The molecule has 0 saturated heterocycles. The highest BCUT2D eigenvalue weighted by atomic mass is 32.1. The second-order valence-corrected chi connectivity index (χ2v) is 9.05. The van der Waals surface area contributed by atoms with Crippen LogP contribution in [0.15, 0.2) is 41.9 Å². The van der Waals surface area contributed by atoms with E-state index in [0.717, 1.165) is 36.3 Å². The van der Waals surface area contributed by atoms with Gasteiger partial charge in [-0.2, -0.15) is 26.3 Å². The highest BCUT2D eigenvalue weighted by Crippen LogP contribution is 2.30. The standard InChI is InChI=1S/C20H20F3N5OS.C2HF3O2/c1-13(27-7-5-18-14(11-27)6-8-30-18)10-24-19(29)17-12-28(26-25-17)16-4-2-3-15(9-16)20(21,22)23;3-2(4,5)1(6)7/h2-4,6,8-9,12-13H,5,7,10-11H2,1H3,(H,24,29);(H,6,7). The van der Waals surface area contributed by atoms with Gasteiger partial charge in [0, 0.05) is 30.6 Å². The van der Waals surface area contributed by atoms with Crippen molar-refractivity contribution in [2.45, 2.75) is 38.3 Å². The Morgan fingerprint density at radius 1 is 1.19 bits per heavy atom. The maximum absolute atomic E-state index is 12.9. The number of nitrogens with zero attached hydrogens (tertiary/aromatic N) is 4. The number of alkyl halides is 6. The third-order valence-electron chi connectivity index (χ3n) is 5.43. The predicted molar refractivity (Wildman–Crippen MR) is 120 cm³/mol. The van der Waals surface area contributed by atoms with E-state index in [1.807, 2.05) is 0 Å². The molecule has 1 aliphatic heterocycles. The topological polar surface area (TPSA) is 100 Å². The van der Waals surface area contributed by atoms with Crippen molar-refractivity contribution in [3.8, 4) is 5.69 Å². The SMILES string of the molecule is CC(CNC(=O)c1cn(-c2cccc(C(F)(F)F)c2)nn1)N1CCc2sccc2C1.O=C(O)C(F)(F)F. The summed E-state index contributed by atoms with van der Waals surface area (Å²) in [5, 5.41) is 19.7. The number of benzene rings is 1. The van der Waals surface area contributed by atoms with Crippen LogP contribution in [0, 0.1) is 0 Å². The molecule has 1 amide bonds. The third kappa shape index (κ3) is 7.52. The number of carbonyl (C=O) groups excluding carboxylic acids is 1. The number of carbonyl (C=O) groups is 2. The number of hydrogen-bond acceptors (Lipinski definition) is 6. The zero-order chi connectivity index (χ0) is 27.4. The first-order valence-corrected chi connectivity index (χ1v) is 11.6. The highest BCUT2D eigenvalue weighted by molar-refractivity contribution is 7.10. The number of carboxylic acids is 1. The Bertz CT molecular complexity index is 1240. The molecule has 37 heavy (non-hydrogen) atoms. The molecule has 1 unspecified atom stereocenters. The minimum Gasteiger partial charge on any atom is -0.475 e. The molecule has 0 saturated carbocycles. The molecular weight excluding hydrogens is 528 g/mol. The molecule has 15 heteroatoms. The zero-order valence-corrected chi connectivity index (χ0v) is 20.0. The summed E-state index contributed by atoms with van der Waals surface area (Å²) in [6.07, 6.45) is -7.20. The maximum atomic E-state index is 12.9. The molecule has 4 rings (SSSR count). The lowest BCUT2D eigenvalue weighted by Gasteiger charge is -2.32. The summed E-state index contributed by atoms with van der Waals surface area (Å²) in [7, 11) is 0. The summed E-state index contributed by atoms with van der Waals surface area (Å²) in [4.78, 5) is 25.1. The van der Waals surface area contributed by atoms with Crippen molar-refractivity contribution < 1.29 is 41.0 Å². The Labute approximate surface area is 210 Å². The first-order chi connectivity index (χ1) is 17.3. The molecule has 1 aromatic carbocycles. The van der Waals surface area contributed by atoms with E-state index in [1.54, 1.807) is 11.3 Å². The van der Waals surface area contributed by atoms with Gasteiger partial charge in [0.15, 0.2) is 5.69 Å². The van der Waals surface area contributed by atoms with Crippen molar-refractivity contribution in [1.29, 1.82) is 0 Å². The van der Waals surface area contributed by atoms with E-state index in [0.29, 0.717) is 6.54 Å². The maximum Gasteiger partial charge on any atom is 0.490 e. The molecule has 200 valence electrons. The molecule has 3 heterocycles. The van der Waals surface area contributed by atoms with Crippen molar-refractivity contribution in [2.75, 3.05) is 13.1 Å². The first kappa shape index (κ1) is 28.1. The summed E-state index contributed by atoms with van der Waals surface area (Å²) in [6.45, 7) is 4.30. The van der Waals surface area contributed by atoms with Crippen LogP contribution in [0.3, 0.4) is 0 Å². The molecular formula is C22H21F6N5O3S. The van der Waals surface area contributed by atoms with E-state index < -0.39 is 29.8 Å². The van der Waals surface area contributed by atoms with Crippen molar-refractivity contribution in [1.82, 2.24) is 25.2 Å². The molecule has 0 aliphatic carbocycles. The number of thiophene rings is 1. The summed E-state index contributed by atoms with van der Waals surface area (Å²) in [5.74, 6) is -3.17. The number of aliphatic carboxylic acids is 1. The second-order valence-electron chi connectivity index (χ2n) is 8.05. The number of hydrogen-bond donors (Lipinski definition) is 2. The van der Waals surface area contributed by atoms with E-state index in [2.05, 4.69) is 38.9 Å². The van der Waals surface area contributed by atoms with Crippen LogP contribution in [-0.2, 0) is 23.9 Å². The van der Waals surface area contributed by atoms with Crippen LogP contribution >= 0.6 is 11.3 Å². The van der Waals surface area contributed by atoms with Gasteiger partial charge >= 0.3 is 18.3 Å². The van der Waals surface area contributed by atoms with E-state index in [1.165, 1.54) is 28.8 Å². The second kappa shape index (κ2) is 11.3. The molecule has 8 nitrogen and oxygen atoms in total. The molecule has 1 aliphatic rings. The van der Waals surface area contributed by atoms with Gasteiger partial charge in [-0.05, 0) is 48.6 Å². The molecule has 0 fully saturated rings. The molecule has 0 spiro atoms. The van der Waals surface area contributed by atoms with Gasteiger partial charge in [0.25, 0.3) is 5.91 Å². The Balaban J connectivity index is 0.000000479. The number of halogens is 6. The number of aromatic nitrogens is 3. The van der Waals surface area contributed by atoms with Crippen molar-refractivity contribution >= 4 is 23.2 Å². The number of rotatable bonds is 5. The van der Waals surface area contributed by atoms with Gasteiger partial charge in [0.1, 0.15) is 0 Å². The average Bonchev–Trinajstić information content (AvgIpc) is 3.51. The fraction of sp³-hybridized carbons (Fsp3) is 0.364. The van der Waals surface area contributed by atoms with Gasteiger partial charge in [0.2, 0.25) is 0 Å². The summed E-state index contributed by atoms with van der Waals surface area (Å²) in [5.41, 5.74) is 0.794. The third-order valence-corrected chi connectivity index (χ3v) is 6.45. The lowest BCUT2D eigenvalue weighted by atomic mass is 10.1. The van der Waals surface area contributed by atoms with Crippen LogP contribution < -0.4 is 5.32 Å². The van der Waals surface area contributed by atoms with Crippen LogP contribution in [0.5, 0.6) is 0 Å². The van der Waals surface area contributed by atoms with E-state index >= 15 is 0 Å². The summed E-state index contributed by atoms with van der Waals surface area (Å²) >= 11 is 1.78. The van der Waals surface area contributed by atoms with Crippen molar-refractivity contribution in [3.63, 3.8) is 0 Å². The minimum absolute atomic E-state index is 0.0541. The normalized spacial score (nSPS) is 14.8. The van der Waals surface area contributed by atoms with E-state index in [4.69, 9.17) is 9.90 Å². The smallest absolute Gasteiger partial charge is 0.475 e. The lowest BCUT2D eigenvalue weighted by molar-refractivity contribution is -0.192. The Morgan fingerprint density at radius 2 is 1.89 bits per heavy atom. The highest BCUT2D eigenvalue weighted by Gasteiger charge is 2.38. The van der Waals surface area contributed by atoms with Crippen LogP contribution in [-0.4, -0.2) is 62.2 Å². The number of amides is 1. The van der Waals surface area contributed by atoms with Crippen LogP contribution in [0.25, 0.3) is 5.69 Å². The summed E-state index contributed by atoms with van der Waals surface area (Å²) in [6, 6.07) is 6.99. The molecule has 2 N–H and O–H groups in total. The van der Waals surface area contributed by atoms with Crippen molar-refractivity contribution in [2.24, 2.45) is 0 Å². The zero-order valence-electron chi connectivity index (χ0n) is 19.2. The summed E-state index contributed by atoms with van der Waals surface area (Å²) < 4.78 is 71.6. The van der Waals surface area contributed by atoms with E-state index in [-0.39, 0.29) is 17.4 Å². The first-order valence-electron chi connectivity index (χ1n) is 10.7. The molecule has 2 aromatic heterocycles. The molecule has 1 atom stereocenters. The van der Waals surface area contributed by atoms with E-state index in [9.17, 15) is 31.1 Å². The minimum atomic E-state index is -5.08. The molecule has 0 bridgehead atoms. The number of fused-ring (bicyclic) bond motifs is 1. The van der Waals surface area contributed by atoms with Gasteiger partial charge in [-0.1, -0.05) is 11.3 Å². The Kier molecular flexibility index (Phi) is 8.58. The fourth-order valence-electron chi connectivity index (χ4n) is 3.43. The van der Waals surface area contributed by atoms with Gasteiger partial charge in [-0.3, -0.25) is 9.69 Å². The van der Waals surface area contributed by atoms with Gasteiger partial charge < -0.3 is 10.4 Å². The fourth-order valence-corrected chi connectivity index (χ4v) is 4.32. The van der Waals surface area contributed by atoms with Crippen LogP contribution in [0.2, 0.25) is 0 Å². The van der Waals surface area contributed by atoms with Crippen LogP contribution in [0.4, 0.5) is 26.3 Å². The average molecular weight is 549 g/mol. The van der Waals surface area contributed by atoms with Crippen molar-refractivity contribution in [3.05, 3.63) is 63.6 Å². The molecule has 0 radical (unpaired) electrons.